The lowest BCUT2D eigenvalue weighted by molar-refractivity contribution is -0.123. The van der Waals surface area contributed by atoms with Crippen LogP contribution in [-0.4, -0.2) is 49.6 Å². The molecular formula is C17H24ClN3O. The summed E-state index contributed by atoms with van der Waals surface area (Å²) in [5, 5.41) is 3.90. The van der Waals surface area contributed by atoms with Gasteiger partial charge in [-0.3, -0.25) is 9.69 Å². The van der Waals surface area contributed by atoms with Gasteiger partial charge in [0.1, 0.15) is 0 Å². The lowest BCUT2D eigenvalue weighted by atomic mass is 10.2. The fourth-order valence-corrected chi connectivity index (χ4v) is 3.24. The Hall–Kier alpha value is -1.26. The highest BCUT2D eigenvalue weighted by molar-refractivity contribution is 6.30. The first-order valence-electron chi connectivity index (χ1n) is 8.14. The van der Waals surface area contributed by atoms with E-state index in [1.54, 1.807) is 0 Å². The van der Waals surface area contributed by atoms with Crippen molar-refractivity contribution < 1.29 is 4.79 Å². The standard InChI is InChI=1S/C17H24ClN3O/c1-13(14-5-6-14)19-17(22)12-20-7-9-21(10-8-20)16-4-2-3-15(18)11-16/h2-4,11,13-14H,5-10,12H2,1H3,(H,19,22)/t13-/m0/s1. The summed E-state index contributed by atoms with van der Waals surface area (Å²) in [6, 6.07) is 8.30. The number of halogens is 1. The maximum absolute atomic E-state index is 12.1. The van der Waals surface area contributed by atoms with Gasteiger partial charge >= 0.3 is 0 Å². The van der Waals surface area contributed by atoms with Crippen molar-refractivity contribution in [2.75, 3.05) is 37.6 Å². The number of anilines is 1. The predicted molar refractivity (Wildman–Crippen MR) is 90.4 cm³/mol. The molecule has 5 heteroatoms. The van der Waals surface area contributed by atoms with E-state index in [9.17, 15) is 4.79 Å². The average Bonchev–Trinajstić information content (AvgIpc) is 3.32. The van der Waals surface area contributed by atoms with E-state index in [4.69, 9.17) is 11.6 Å². The SMILES string of the molecule is C[C@H](NC(=O)CN1CCN(c2cccc(Cl)c2)CC1)C1CC1. The molecule has 4 nitrogen and oxygen atoms in total. The molecule has 1 aromatic carbocycles. The van der Waals surface area contributed by atoms with Crippen LogP contribution in [-0.2, 0) is 4.79 Å². The van der Waals surface area contributed by atoms with Gasteiger partial charge in [0, 0.05) is 42.9 Å². The molecule has 0 bridgehead atoms. The predicted octanol–water partition coefficient (Wildman–Crippen LogP) is 2.38. The molecule has 0 unspecified atom stereocenters. The van der Waals surface area contributed by atoms with Crippen LogP contribution in [0.2, 0.25) is 5.02 Å². The molecule has 0 aromatic heterocycles. The Morgan fingerprint density at radius 2 is 2.05 bits per heavy atom. The molecule has 2 fully saturated rings. The van der Waals surface area contributed by atoms with E-state index >= 15 is 0 Å². The van der Waals surface area contributed by atoms with Gasteiger partial charge in [-0.05, 0) is 43.9 Å². The normalized spacial score (nSPS) is 20.7. The Balaban J connectivity index is 1.44. The van der Waals surface area contributed by atoms with E-state index in [2.05, 4.69) is 28.1 Å². The van der Waals surface area contributed by atoms with Gasteiger partial charge in [-0.2, -0.15) is 0 Å². The third kappa shape index (κ3) is 4.14. The number of amides is 1. The van der Waals surface area contributed by atoms with Crippen LogP contribution >= 0.6 is 11.6 Å². The van der Waals surface area contributed by atoms with E-state index in [1.165, 1.54) is 18.5 Å². The van der Waals surface area contributed by atoms with Gasteiger partial charge in [-0.1, -0.05) is 17.7 Å². The highest BCUT2D eigenvalue weighted by Gasteiger charge is 2.29. The Kier molecular flexibility index (Phi) is 4.89. The molecule has 1 aliphatic heterocycles. The summed E-state index contributed by atoms with van der Waals surface area (Å²) in [6.45, 7) is 6.33. The van der Waals surface area contributed by atoms with Crippen LogP contribution in [0.1, 0.15) is 19.8 Å². The topological polar surface area (TPSA) is 35.6 Å². The molecule has 22 heavy (non-hydrogen) atoms. The van der Waals surface area contributed by atoms with Gasteiger partial charge in [0.15, 0.2) is 0 Å². The number of nitrogens with one attached hydrogen (secondary N) is 1. The minimum Gasteiger partial charge on any atom is -0.369 e. The second-order valence-corrected chi connectivity index (χ2v) is 6.87. The highest BCUT2D eigenvalue weighted by atomic mass is 35.5. The van der Waals surface area contributed by atoms with Crippen molar-refractivity contribution in [1.29, 1.82) is 0 Å². The molecule has 1 heterocycles. The molecule has 1 saturated carbocycles. The summed E-state index contributed by atoms with van der Waals surface area (Å²) < 4.78 is 0. The second kappa shape index (κ2) is 6.88. The molecule has 1 amide bonds. The zero-order valence-electron chi connectivity index (χ0n) is 13.1. The summed E-state index contributed by atoms with van der Waals surface area (Å²) in [5.74, 6) is 0.874. The smallest absolute Gasteiger partial charge is 0.234 e. The number of hydrogen-bond donors (Lipinski definition) is 1. The first-order valence-corrected chi connectivity index (χ1v) is 8.52. The molecular weight excluding hydrogens is 298 g/mol. The summed E-state index contributed by atoms with van der Waals surface area (Å²) in [7, 11) is 0. The molecule has 1 aliphatic carbocycles. The monoisotopic (exact) mass is 321 g/mol. The van der Waals surface area contributed by atoms with Gasteiger partial charge in [0.25, 0.3) is 0 Å². The number of carbonyl (C=O) groups is 1. The number of carbonyl (C=O) groups excluding carboxylic acids is 1. The molecule has 3 rings (SSSR count). The van der Waals surface area contributed by atoms with Crippen LogP contribution in [0.15, 0.2) is 24.3 Å². The number of piperazine rings is 1. The van der Waals surface area contributed by atoms with Crippen molar-refractivity contribution in [3.63, 3.8) is 0 Å². The summed E-state index contributed by atoms with van der Waals surface area (Å²) in [4.78, 5) is 16.6. The van der Waals surface area contributed by atoms with E-state index in [0.29, 0.717) is 18.5 Å². The lowest BCUT2D eigenvalue weighted by Crippen LogP contribution is -2.50. The van der Waals surface area contributed by atoms with Crippen LogP contribution in [0.4, 0.5) is 5.69 Å². The Labute approximate surface area is 137 Å². The zero-order chi connectivity index (χ0) is 15.5. The van der Waals surface area contributed by atoms with Crippen molar-refractivity contribution in [3.8, 4) is 0 Å². The maximum atomic E-state index is 12.1. The van der Waals surface area contributed by atoms with Crippen molar-refractivity contribution >= 4 is 23.2 Å². The number of rotatable bonds is 5. The van der Waals surface area contributed by atoms with Crippen molar-refractivity contribution in [3.05, 3.63) is 29.3 Å². The van der Waals surface area contributed by atoms with Crippen molar-refractivity contribution in [1.82, 2.24) is 10.2 Å². The van der Waals surface area contributed by atoms with Gasteiger partial charge < -0.3 is 10.2 Å². The van der Waals surface area contributed by atoms with Gasteiger partial charge in [-0.15, -0.1) is 0 Å². The summed E-state index contributed by atoms with van der Waals surface area (Å²) in [6.07, 6.45) is 2.53. The average molecular weight is 322 g/mol. The zero-order valence-corrected chi connectivity index (χ0v) is 13.9. The minimum absolute atomic E-state index is 0.163. The number of hydrogen-bond acceptors (Lipinski definition) is 3. The fourth-order valence-electron chi connectivity index (χ4n) is 3.05. The van der Waals surface area contributed by atoms with Crippen LogP contribution < -0.4 is 10.2 Å². The van der Waals surface area contributed by atoms with Crippen molar-refractivity contribution in [2.45, 2.75) is 25.8 Å². The van der Waals surface area contributed by atoms with Crippen molar-refractivity contribution in [2.24, 2.45) is 5.92 Å². The summed E-state index contributed by atoms with van der Waals surface area (Å²) in [5.41, 5.74) is 1.17. The van der Waals surface area contributed by atoms with Crippen LogP contribution in [0.3, 0.4) is 0 Å². The molecule has 1 saturated heterocycles. The second-order valence-electron chi connectivity index (χ2n) is 6.44. The Morgan fingerprint density at radius 1 is 1.32 bits per heavy atom. The van der Waals surface area contributed by atoms with Gasteiger partial charge in [-0.25, -0.2) is 0 Å². The largest absolute Gasteiger partial charge is 0.369 e. The first kappa shape index (κ1) is 15.6. The molecule has 120 valence electrons. The fraction of sp³-hybridized carbons (Fsp3) is 0.588. The first-order chi connectivity index (χ1) is 10.6. The number of benzene rings is 1. The maximum Gasteiger partial charge on any atom is 0.234 e. The van der Waals surface area contributed by atoms with E-state index < -0.39 is 0 Å². The Bertz CT molecular complexity index is 524. The van der Waals surface area contributed by atoms with Crippen LogP contribution in [0.5, 0.6) is 0 Å². The van der Waals surface area contributed by atoms with Crippen LogP contribution in [0.25, 0.3) is 0 Å². The van der Waals surface area contributed by atoms with E-state index in [1.807, 2.05) is 18.2 Å². The van der Waals surface area contributed by atoms with E-state index in [0.717, 1.165) is 31.2 Å². The minimum atomic E-state index is 0.163. The van der Waals surface area contributed by atoms with E-state index in [-0.39, 0.29) is 5.91 Å². The highest BCUT2D eigenvalue weighted by Crippen LogP contribution is 2.32. The van der Waals surface area contributed by atoms with Crippen LogP contribution in [0, 0.1) is 5.92 Å². The third-order valence-electron chi connectivity index (χ3n) is 4.63. The molecule has 1 aromatic rings. The number of nitrogens with zero attached hydrogens (tertiary/aromatic N) is 2. The molecule has 2 aliphatic rings. The molecule has 0 radical (unpaired) electrons. The van der Waals surface area contributed by atoms with Gasteiger partial charge in [0.05, 0.1) is 6.54 Å². The quantitative estimate of drug-likeness (QED) is 0.904. The molecule has 1 atom stereocenters. The Morgan fingerprint density at radius 3 is 2.68 bits per heavy atom. The summed E-state index contributed by atoms with van der Waals surface area (Å²) >= 11 is 6.05. The third-order valence-corrected chi connectivity index (χ3v) is 4.87. The van der Waals surface area contributed by atoms with Gasteiger partial charge in [0.2, 0.25) is 5.91 Å². The lowest BCUT2D eigenvalue weighted by Gasteiger charge is -2.36. The molecule has 1 N–H and O–H groups in total. The molecule has 0 spiro atoms.